The number of nitrogens with zero attached hydrogens (tertiary/aromatic N) is 2. The zero-order valence-corrected chi connectivity index (χ0v) is 15.5. The van der Waals surface area contributed by atoms with E-state index in [1.807, 2.05) is 35.9 Å². The van der Waals surface area contributed by atoms with Gasteiger partial charge in [0.25, 0.3) is 0 Å². The highest BCUT2D eigenvalue weighted by molar-refractivity contribution is 7.20. The standard InChI is InChI=1S/C18H15ClN2O4S/c1-10-13-8-15(18(23)25-14-6-7-24-17(14)22)26-16(13)21(20-10)9-11-2-4-12(19)5-3-11/h2-5,8,14H,6-7,9H2,1H3/t14-/m0/s1. The normalized spacial score (nSPS) is 16.8. The number of carbonyl (C=O) groups is 2. The molecule has 1 aromatic carbocycles. The fourth-order valence-corrected chi connectivity index (χ4v) is 4.02. The number of hydrogen-bond acceptors (Lipinski definition) is 6. The number of ether oxygens (including phenoxy) is 2. The first-order valence-electron chi connectivity index (χ1n) is 8.10. The van der Waals surface area contributed by atoms with Crippen LogP contribution in [-0.2, 0) is 20.8 Å². The van der Waals surface area contributed by atoms with Crippen LogP contribution in [0.5, 0.6) is 0 Å². The summed E-state index contributed by atoms with van der Waals surface area (Å²) in [7, 11) is 0. The van der Waals surface area contributed by atoms with Crippen molar-refractivity contribution in [3.63, 3.8) is 0 Å². The van der Waals surface area contributed by atoms with Crippen molar-refractivity contribution in [1.29, 1.82) is 0 Å². The molecular weight excluding hydrogens is 376 g/mol. The lowest BCUT2D eigenvalue weighted by atomic mass is 10.2. The Bertz CT molecular complexity index is 993. The highest BCUT2D eigenvalue weighted by Crippen LogP contribution is 2.30. The van der Waals surface area contributed by atoms with Gasteiger partial charge in [0, 0.05) is 16.8 Å². The van der Waals surface area contributed by atoms with Crippen molar-refractivity contribution in [2.24, 2.45) is 0 Å². The number of fused-ring (bicyclic) bond motifs is 1. The monoisotopic (exact) mass is 390 g/mol. The number of cyclic esters (lactones) is 1. The summed E-state index contributed by atoms with van der Waals surface area (Å²) in [4.78, 5) is 25.2. The molecular formula is C18H15ClN2O4S. The molecule has 1 fully saturated rings. The quantitative estimate of drug-likeness (QED) is 0.637. The van der Waals surface area contributed by atoms with E-state index in [1.165, 1.54) is 11.3 Å². The number of halogens is 1. The maximum atomic E-state index is 12.4. The molecule has 4 rings (SSSR count). The van der Waals surface area contributed by atoms with E-state index >= 15 is 0 Å². The fourth-order valence-electron chi connectivity index (χ4n) is 2.85. The first kappa shape index (κ1) is 17.1. The SMILES string of the molecule is Cc1nn(Cc2ccc(Cl)cc2)c2sc(C(=O)O[C@H]3CCOC3=O)cc12. The predicted molar refractivity (Wildman–Crippen MR) is 97.7 cm³/mol. The molecule has 0 spiro atoms. The van der Waals surface area contributed by atoms with Crippen molar-refractivity contribution in [3.05, 3.63) is 51.5 Å². The number of hydrogen-bond donors (Lipinski definition) is 0. The summed E-state index contributed by atoms with van der Waals surface area (Å²) in [6, 6.07) is 9.33. The van der Waals surface area contributed by atoms with Crippen LogP contribution in [0, 0.1) is 6.92 Å². The smallest absolute Gasteiger partial charge is 0.349 e. The van der Waals surface area contributed by atoms with Gasteiger partial charge in [-0.3, -0.25) is 4.68 Å². The van der Waals surface area contributed by atoms with E-state index in [0.717, 1.165) is 21.5 Å². The third-order valence-electron chi connectivity index (χ3n) is 4.19. The Kier molecular flexibility index (Phi) is 4.42. The summed E-state index contributed by atoms with van der Waals surface area (Å²) in [6.07, 6.45) is -0.405. The third-order valence-corrected chi connectivity index (χ3v) is 5.57. The van der Waals surface area contributed by atoms with Crippen molar-refractivity contribution in [2.45, 2.75) is 26.0 Å². The molecule has 1 aliphatic heterocycles. The molecule has 0 amide bonds. The number of benzene rings is 1. The Morgan fingerprint density at radius 1 is 1.42 bits per heavy atom. The Morgan fingerprint density at radius 2 is 2.19 bits per heavy atom. The highest BCUT2D eigenvalue weighted by Gasteiger charge is 2.31. The number of aryl methyl sites for hydroxylation is 1. The van der Waals surface area contributed by atoms with Crippen LogP contribution in [0.15, 0.2) is 30.3 Å². The zero-order chi connectivity index (χ0) is 18.3. The van der Waals surface area contributed by atoms with E-state index in [1.54, 1.807) is 6.07 Å². The van der Waals surface area contributed by atoms with Gasteiger partial charge in [-0.2, -0.15) is 5.10 Å². The van der Waals surface area contributed by atoms with Crippen molar-refractivity contribution in [3.8, 4) is 0 Å². The maximum Gasteiger partial charge on any atom is 0.349 e. The molecule has 1 saturated heterocycles. The molecule has 134 valence electrons. The van der Waals surface area contributed by atoms with Gasteiger partial charge >= 0.3 is 11.9 Å². The van der Waals surface area contributed by atoms with Gasteiger partial charge in [0.2, 0.25) is 6.10 Å². The second-order valence-electron chi connectivity index (χ2n) is 6.05. The molecule has 0 unspecified atom stereocenters. The van der Waals surface area contributed by atoms with Crippen molar-refractivity contribution in [1.82, 2.24) is 9.78 Å². The minimum atomic E-state index is -0.806. The Labute approximate surface area is 158 Å². The summed E-state index contributed by atoms with van der Waals surface area (Å²) in [5, 5.41) is 6.14. The number of aromatic nitrogens is 2. The predicted octanol–water partition coefficient (Wildman–Crippen LogP) is 3.58. The molecule has 0 bridgehead atoms. The average molecular weight is 391 g/mol. The first-order chi connectivity index (χ1) is 12.5. The van der Waals surface area contributed by atoms with E-state index in [9.17, 15) is 9.59 Å². The van der Waals surface area contributed by atoms with E-state index in [-0.39, 0.29) is 0 Å². The number of thiophene rings is 1. The van der Waals surface area contributed by atoms with Crippen molar-refractivity contribution >= 4 is 45.1 Å². The molecule has 0 aliphatic carbocycles. The maximum absolute atomic E-state index is 12.4. The van der Waals surface area contributed by atoms with Crippen molar-refractivity contribution in [2.75, 3.05) is 6.61 Å². The molecule has 2 aromatic heterocycles. The Balaban J connectivity index is 1.59. The molecule has 26 heavy (non-hydrogen) atoms. The van der Waals surface area contributed by atoms with Gasteiger partial charge < -0.3 is 9.47 Å². The number of esters is 2. The molecule has 3 aromatic rings. The lowest BCUT2D eigenvalue weighted by molar-refractivity contribution is -0.145. The summed E-state index contributed by atoms with van der Waals surface area (Å²) in [5.41, 5.74) is 1.90. The molecule has 0 radical (unpaired) electrons. The minimum Gasteiger partial charge on any atom is -0.463 e. The molecule has 0 N–H and O–H groups in total. The average Bonchev–Trinajstić information content (AvgIpc) is 3.29. The Hall–Kier alpha value is -2.38. The molecule has 3 heterocycles. The summed E-state index contributed by atoms with van der Waals surface area (Å²) in [5.74, 6) is -0.989. The van der Waals surface area contributed by atoms with Gasteiger partial charge in [-0.1, -0.05) is 23.7 Å². The van der Waals surface area contributed by atoms with Crippen LogP contribution < -0.4 is 0 Å². The van der Waals surface area contributed by atoms with Crippen LogP contribution in [0.25, 0.3) is 10.2 Å². The highest BCUT2D eigenvalue weighted by atomic mass is 35.5. The Morgan fingerprint density at radius 3 is 2.88 bits per heavy atom. The largest absolute Gasteiger partial charge is 0.463 e. The van der Waals surface area contributed by atoms with Crippen LogP contribution in [0.4, 0.5) is 0 Å². The topological polar surface area (TPSA) is 70.4 Å². The number of carbonyl (C=O) groups excluding carboxylic acids is 2. The van der Waals surface area contributed by atoms with Crippen LogP contribution in [0.2, 0.25) is 5.02 Å². The van der Waals surface area contributed by atoms with E-state index in [0.29, 0.717) is 29.5 Å². The fraction of sp³-hybridized carbons (Fsp3) is 0.278. The second-order valence-corrected chi connectivity index (χ2v) is 7.52. The molecule has 6 nitrogen and oxygen atoms in total. The lowest BCUT2D eigenvalue weighted by Crippen LogP contribution is -2.22. The molecule has 1 aliphatic rings. The van der Waals surface area contributed by atoms with Crippen LogP contribution in [0.1, 0.15) is 27.3 Å². The van der Waals surface area contributed by atoms with Gasteiger partial charge in [0.15, 0.2) is 0 Å². The summed E-state index contributed by atoms with van der Waals surface area (Å²) >= 11 is 7.24. The van der Waals surface area contributed by atoms with E-state index in [2.05, 4.69) is 5.10 Å². The van der Waals surface area contributed by atoms with Gasteiger partial charge in [-0.15, -0.1) is 11.3 Å². The van der Waals surface area contributed by atoms with Gasteiger partial charge in [0.1, 0.15) is 9.71 Å². The first-order valence-corrected chi connectivity index (χ1v) is 9.30. The molecule has 8 heteroatoms. The van der Waals surface area contributed by atoms with Crippen LogP contribution in [-0.4, -0.2) is 34.4 Å². The molecule has 1 atom stereocenters. The van der Waals surface area contributed by atoms with Gasteiger partial charge in [-0.25, -0.2) is 9.59 Å². The molecule has 0 saturated carbocycles. The van der Waals surface area contributed by atoms with Gasteiger partial charge in [-0.05, 0) is 30.7 Å². The number of rotatable bonds is 4. The van der Waals surface area contributed by atoms with Crippen LogP contribution in [0.3, 0.4) is 0 Å². The van der Waals surface area contributed by atoms with Crippen molar-refractivity contribution < 1.29 is 19.1 Å². The second kappa shape index (κ2) is 6.74. The summed E-state index contributed by atoms with van der Waals surface area (Å²) in [6.45, 7) is 2.76. The zero-order valence-electron chi connectivity index (χ0n) is 13.9. The van der Waals surface area contributed by atoms with Gasteiger partial charge in [0.05, 0.1) is 18.8 Å². The third kappa shape index (κ3) is 3.20. The lowest BCUT2D eigenvalue weighted by Gasteiger charge is -2.06. The minimum absolute atomic E-state index is 0.290. The van der Waals surface area contributed by atoms with Crippen LogP contribution >= 0.6 is 22.9 Å². The van der Waals surface area contributed by atoms with E-state index < -0.39 is 18.0 Å². The van der Waals surface area contributed by atoms with E-state index in [4.69, 9.17) is 21.1 Å². The summed E-state index contributed by atoms with van der Waals surface area (Å²) < 4.78 is 12.0.